The molecule has 0 bridgehead atoms. The van der Waals surface area contributed by atoms with E-state index in [1.165, 1.54) is 0 Å². The van der Waals surface area contributed by atoms with Crippen molar-refractivity contribution in [3.63, 3.8) is 0 Å². The molecule has 3 aliphatic rings. The van der Waals surface area contributed by atoms with Gasteiger partial charge in [-0.3, -0.25) is 9.59 Å². The normalized spacial score (nSPS) is 21.0. The molecule has 150 valence electrons. The summed E-state index contributed by atoms with van der Waals surface area (Å²) in [7, 11) is 0. The van der Waals surface area contributed by atoms with E-state index in [4.69, 9.17) is 5.26 Å². The van der Waals surface area contributed by atoms with Gasteiger partial charge in [0.2, 0.25) is 5.91 Å². The quantitative estimate of drug-likeness (QED) is 0.809. The largest absolute Gasteiger partial charge is 0.344 e. The van der Waals surface area contributed by atoms with Gasteiger partial charge in [-0.05, 0) is 31.6 Å². The van der Waals surface area contributed by atoms with E-state index in [0.29, 0.717) is 35.7 Å². The first-order valence-corrected chi connectivity index (χ1v) is 10.5. The highest BCUT2D eigenvalue weighted by Crippen LogP contribution is 2.39. The minimum atomic E-state index is -0.547. The van der Waals surface area contributed by atoms with E-state index in [9.17, 15) is 9.59 Å². The summed E-state index contributed by atoms with van der Waals surface area (Å²) in [6, 6.07) is 1.65. The van der Waals surface area contributed by atoms with Crippen LogP contribution >= 0.6 is 0 Å². The zero-order chi connectivity index (χ0) is 20.0. The minimum absolute atomic E-state index is 0.0682. The van der Waals surface area contributed by atoms with Crippen molar-refractivity contribution in [2.45, 2.75) is 50.5 Å². The molecule has 2 N–H and O–H groups in total. The summed E-state index contributed by atoms with van der Waals surface area (Å²) in [4.78, 5) is 40.0. The fourth-order valence-corrected chi connectivity index (χ4v) is 4.48. The Morgan fingerprint density at radius 2 is 2.00 bits per heavy atom. The molecule has 2 aromatic rings. The monoisotopic (exact) mass is 392 g/mol. The Kier molecular flexibility index (Phi) is 4.46. The van der Waals surface area contributed by atoms with Crippen LogP contribution in [0.15, 0.2) is 12.4 Å². The lowest BCUT2D eigenvalue weighted by Crippen LogP contribution is -2.58. The Labute approximate surface area is 168 Å². The van der Waals surface area contributed by atoms with Gasteiger partial charge in [0.25, 0.3) is 5.91 Å². The minimum Gasteiger partial charge on any atom is -0.344 e. The molecule has 3 heterocycles. The van der Waals surface area contributed by atoms with Gasteiger partial charge >= 0.3 is 0 Å². The third-order valence-corrected chi connectivity index (χ3v) is 6.44. The fourth-order valence-electron chi connectivity index (χ4n) is 4.48. The van der Waals surface area contributed by atoms with Crippen molar-refractivity contribution in [2.24, 2.45) is 11.8 Å². The van der Waals surface area contributed by atoms with Crippen molar-refractivity contribution in [1.29, 1.82) is 5.26 Å². The van der Waals surface area contributed by atoms with E-state index in [2.05, 4.69) is 26.3 Å². The van der Waals surface area contributed by atoms with E-state index in [-0.39, 0.29) is 23.7 Å². The summed E-state index contributed by atoms with van der Waals surface area (Å²) >= 11 is 0. The van der Waals surface area contributed by atoms with E-state index in [1.807, 2.05) is 0 Å². The predicted molar refractivity (Wildman–Crippen MR) is 105 cm³/mol. The number of hydrogen-bond donors (Lipinski definition) is 2. The molecule has 0 spiro atoms. The zero-order valence-electron chi connectivity index (χ0n) is 16.2. The Balaban J connectivity index is 1.37. The van der Waals surface area contributed by atoms with Crippen LogP contribution in [0.3, 0.4) is 0 Å². The van der Waals surface area contributed by atoms with Gasteiger partial charge in [-0.25, -0.2) is 9.97 Å². The summed E-state index contributed by atoms with van der Waals surface area (Å²) in [6.45, 7) is 0.912. The fraction of sp³-hybridized carbons (Fsp3) is 0.571. The van der Waals surface area contributed by atoms with Gasteiger partial charge in [0.1, 0.15) is 11.6 Å². The summed E-state index contributed by atoms with van der Waals surface area (Å²) in [5.41, 5.74) is 2.52. The molecule has 1 atom stereocenters. The summed E-state index contributed by atoms with van der Waals surface area (Å²) < 4.78 is 0. The first-order chi connectivity index (χ1) is 14.1. The number of nitrogens with one attached hydrogen (secondary N) is 2. The van der Waals surface area contributed by atoms with Crippen molar-refractivity contribution in [3.05, 3.63) is 23.7 Å². The molecule has 2 aromatic heterocycles. The van der Waals surface area contributed by atoms with Crippen LogP contribution in [0, 0.1) is 23.2 Å². The maximum Gasteiger partial charge on any atom is 0.255 e. The number of likely N-dealkylation sites (tertiary alicyclic amines) is 1. The van der Waals surface area contributed by atoms with Gasteiger partial charge in [0, 0.05) is 25.2 Å². The van der Waals surface area contributed by atoms with Crippen molar-refractivity contribution < 1.29 is 9.59 Å². The number of rotatable bonds is 5. The van der Waals surface area contributed by atoms with Crippen molar-refractivity contribution >= 4 is 23.0 Å². The van der Waals surface area contributed by atoms with Gasteiger partial charge in [-0.2, -0.15) is 5.26 Å². The molecule has 2 saturated carbocycles. The van der Waals surface area contributed by atoms with Gasteiger partial charge < -0.3 is 15.2 Å². The molecular formula is C21H24N6O2. The molecule has 0 radical (unpaired) electrons. The standard InChI is InChI=1S/C21H24N6O2/c22-7-12-10-27(11-12)21(29)17(14-3-1-2-4-14)26-20(28)15-8-23-19-18(15)25-16(9-24-19)13-5-6-13/h8-9,12-14,17H,1-6,10-11H2,(H,23,24)(H,26,28). The number of fused-ring (bicyclic) bond motifs is 1. The summed E-state index contributed by atoms with van der Waals surface area (Å²) in [5.74, 6) is 0.141. The van der Waals surface area contributed by atoms with Crippen molar-refractivity contribution in [2.75, 3.05) is 13.1 Å². The summed E-state index contributed by atoms with van der Waals surface area (Å²) in [6.07, 6.45) is 9.66. The van der Waals surface area contributed by atoms with Gasteiger partial charge in [0.05, 0.1) is 29.4 Å². The van der Waals surface area contributed by atoms with Crippen molar-refractivity contribution in [1.82, 2.24) is 25.2 Å². The van der Waals surface area contributed by atoms with Crippen LogP contribution < -0.4 is 5.32 Å². The van der Waals surface area contributed by atoms with E-state index >= 15 is 0 Å². The first kappa shape index (κ1) is 18.1. The number of aromatic amines is 1. The first-order valence-electron chi connectivity index (χ1n) is 10.5. The zero-order valence-corrected chi connectivity index (χ0v) is 16.2. The molecule has 5 rings (SSSR count). The Hall–Kier alpha value is -2.95. The molecule has 1 saturated heterocycles. The molecular weight excluding hydrogens is 368 g/mol. The van der Waals surface area contributed by atoms with E-state index < -0.39 is 6.04 Å². The SMILES string of the molecule is N#CC1CN(C(=O)C(NC(=O)c2c[nH]c3ncc(C4CC4)nc23)C2CCCC2)C1. The van der Waals surface area contributed by atoms with Crippen LogP contribution in [-0.2, 0) is 4.79 Å². The third kappa shape index (κ3) is 3.35. The molecule has 3 fully saturated rings. The number of nitrogens with zero attached hydrogens (tertiary/aromatic N) is 4. The Morgan fingerprint density at radius 3 is 2.69 bits per heavy atom. The lowest BCUT2D eigenvalue weighted by molar-refractivity contribution is -0.139. The average Bonchev–Trinajstić information content (AvgIpc) is 3.23. The van der Waals surface area contributed by atoms with Crippen LogP contribution in [-0.4, -0.2) is 50.8 Å². The number of carbonyl (C=O) groups is 2. The van der Waals surface area contributed by atoms with Gasteiger partial charge in [-0.15, -0.1) is 0 Å². The van der Waals surface area contributed by atoms with Crippen molar-refractivity contribution in [3.8, 4) is 6.07 Å². The Morgan fingerprint density at radius 1 is 1.24 bits per heavy atom. The molecule has 0 aromatic carbocycles. The maximum absolute atomic E-state index is 13.1. The van der Waals surface area contributed by atoms with Gasteiger partial charge in [-0.1, -0.05) is 12.8 Å². The summed E-state index contributed by atoms with van der Waals surface area (Å²) in [5, 5.41) is 12.0. The van der Waals surface area contributed by atoms with Crippen LogP contribution in [0.5, 0.6) is 0 Å². The number of carbonyl (C=O) groups excluding carboxylic acids is 2. The third-order valence-electron chi connectivity index (χ3n) is 6.44. The lowest BCUT2D eigenvalue weighted by Gasteiger charge is -2.39. The molecule has 29 heavy (non-hydrogen) atoms. The van der Waals surface area contributed by atoms with Crippen LogP contribution in [0.25, 0.3) is 11.2 Å². The molecule has 1 unspecified atom stereocenters. The molecule has 1 aliphatic heterocycles. The number of nitriles is 1. The van der Waals surface area contributed by atoms with E-state index in [0.717, 1.165) is 44.2 Å². The molecule has 8 heteroatoms. The number of H-pyrrole nitrogens is 1. The predicted octanol–water partition coefficient (Wildman–Crippen LogP) is 2.11. The van der Waals surface area contributed by atoms with Crippen LogP contribution in [0.2, 0.25) is 0 Å². The molecule has 8 nitrogen and oxygen atoms in total. The van der Waals surface area contributed by atoms with Crippen LogP contribution in [0.1, 0.15) is 60.5 Å². The highest BCUT2D eigenvalue weighted by atomic mass is 16.2. The second-order valence-electron chi connectivity index (χ2n) is 8.53. The topological polar surface area (TPSA) is 115 Å². The molecule has 2 aliphatic carbocycles. The number of hydrogen-bond acceptors (Lipinski definition) is 5. The Bertz CT molecular complexity index is 992. The highest BCUT2D eigenvalue weighted by Gasteiger charge is 2.40. The van der Waals surface area contributed by atoms with Crippen LogP contribution in [0.4, 0.5) is 0 Å². The molecule has 2 amide bonds. The smallest absolute Gasteiger partial charge is 0.255 e. The maximum atomic E-state index is 13.1. The number of amides is 2. The lowest BCUT2D eigenvalue weighted by atomic mass is 9.93. The number of aromatic nitrogens is 3. The second-order valence-corrected chi connectivity index (χ2v) is 8.53. The highest BCUT2D eigenvalue weighted by molar-refractivity contribution is 6.06. The average molecular weight is 392 g/mol. The second kappa shape index (κ2) is 7.14. The van der Waals surface area contributed by atoms with E-state index in [1.54, 1.807) is 17.3 Å². The van der Waals surface area contributed by atoms with Gasteiger partial charge in [0.15, 0.2) is 5.65 Å².